The molecule has 2 saturated carbocycles. The first kappa shape index (κ1) is 23.4. The topological polar surface area (TPSA) is 64.1 Å². The summed E-state index contributed by atoms with van der Waals surface area (Å²) in [6.07, 6.45) is 6.77. The monoisotopic (exact) mass is 529 g/mol. The molecule has 2 N–H and O–H groups in total. The molecule has 1 aromatic rings. The number of guanidine groups is 1. The van der Waals surface area contributed by atoms with Gasteiger partial charge in [-0.3, -0.25) is 4.99 Å². The summed E-state index contributed by atoms with van der Waals surface area (Å²) in [6.45, 7) is 5.85. The molecule has 1 aliphatic heterocycles. The molecular formula is C23H36IN3O3. The third-order valence-corrected chi connectivity index (χ3v) is 7.15. The zero-order chi connectivity index (χ0) is 20.4. The minimum absolute atomic E-state index is 0. The van der Waals surface area contributed by atoms with Gasteiger partial charge in [-0.05, 0) is 51.3 Å². The number of nitrogens with zero attached hydrogens (tertiary/aromatic N) is 1. The quantitative estimate of drug-likeness (QED) is 0.327. The zero-order valence-corrected chi connectivity index (χ0v) is 20.9. The maximum atomic E-state index is 6.14. The van der Waals surface area contributed by atoms with Crippen LogP contribution in [-0.4, -0.2) is 45.5 Å². The average molecular weight is 529 g/mol. The summed E-state index contributed by atoms with van der Waals surface area (Å²) in [5.74, 6) is 3.16. The molecule has 0 amide bonds. The largest absolute Gasteiger partial charge is 0.497 e. The van der Waals surface area contributed by atoms with Gasteiger partial charge in [0, 0.05) is 36.1 Å². The van der Waals surface area contributed by atoms with Crippen LogP contribution in [0.2, 0.25) is 0 Å². The Morgan fingerprint density at radius 1 is 1.27 bits per heavy atom. The van der Waals surface area contributed by atoms with Gasteiger partial charge in [0.1, 0.15) is 11.5 Å². The molecule has 0 radical (unpaired) electrons. The molecule has 1 aromatic carbocycles. The maximum Gasteiger partial charge on any atom is 0.191 e. The van der Waals surface area contributed by atoms with E-state index in [4.69, 9.17) is 19.2 Å². The number of halogens is 1. The van der Waals surface area contributed by atoms with Crippen LogP contribution in [0.15, 0.2) is 23.2 Å². The van der Waals surface area contributed by atoms with E-state index >= 15 is 0 Å². The molecule has 6 nitrogen and oxygen atoms in total. The number of ether oxygens (including phenoxy) is 3. The lowest BCUT2D eigenvalue weighted by Crippen LogP contribution is -2.69. The number of benzene rings is 1. The van der Waals surface area contributed by atoms with Gasteiger partial charge in [0.15, 0.2) is 5.96 Å². The van der Waals surface area contributed by atoms with E-state index in [1.807, 2.05) is 18.2 Å². The number of fused-ring (bicyclic) bond motifs is 2. The third kappa shape index (κ3) is 4.11. The van der Waals surface area contributed by atoms with Crippen molar-refractivity contribution in [1.29, 1.82) is 0 Å². The van der Waals surface area contributed by atoms with E-state index in [0.29, 0.717) is 23.5 Å². The molecule has 168 valence electrons. The van der Waals surface area contributed by atoms with Gasteiger partial charge in [0.05, 0.1) is 26.4 Å². The van der Waals surface area contributed by atoms with Crippen molar-refractivity contribution in [3.63, 3.8) is 0 Å². The molecule has 4 rings (SSSR count). The Labute approximate surface area is 197 Å². The predicted octanol–water partition coefficient (Wildman–Crippen LogP) is 4.29. The molecule has 1 heterocycles. The van der Waals surface area contributed by atoms with Crippen LogP contribution < -0.4 is 20.1 Å². The second-order valence-corrected chi connectivity index (χ2v) is 8.60. The van der Waals surface area contributed by atoms with Gasteiger partial charge >= 0.3 is 0 Å². The van der Waals surface area contributed by atoms with Crippen molar-refractivity contribution in [2.75, 3.05) is 27.4 Å². The Kier molecular flexibility index (Phi) is 7.76. The molecule has 30 heavy (non-hydrogen) atoms. The van der Waals surface area contributed by atoms with E-state index in [1.54, 1.807) is 14.2 Å². The van der Waals surface area contributed by atoms with Gasteiger partial charge in [-0.1, -0.05) is 12.8 Å². The van der Waals surface area contributed by atoms with Crippen LogP contribution in [0.25, 0.3) is 0 Å². The second kappa shape index (κ2) is 9.94. The van der Waals surface area contributed by atoms with Crippen LogP contribution in [0.4, 0.5) is 0 Å². The number of aliphatic imine (C=N–C) groups is 1. The van der Waals surface area contributed by atoms with Gasteiger partial charge in [0.25, 0.3) is 0 Å². The van der Waals surface area contributed by atoms with E-state index in [0.717, 1.165) is 42.6 Å². The summed E-state index contributed by atoms with van der Waals surface area (Å²) < 4.78 is 17.1. The van der Waals surface area contributed by atoms with Crippen LogP contribution in [0.5, 0.6) is 11.5 Å². The summed E-state index contributed by atoms with van der Waals surface area (Å²) in [7, 11) is 3.39. The average Bonchev–Trinajstić information content (AvgIpc) is 3.40. The Morgan fingerprint density at radius 3 is 2.70 bits per heavy atom. The van der Waals surface area contributed by atoms with Crippen LogP contribution in [0, 0.1) is 11.3 Å². The summed E-state index contributed by atoms with van der Waals surface area (Å²) in [5.41, 5.74) is 1.36. The Balaban J connectivity index is 0.00000256. The van der Waals surface area contributed by atoms with Crippen molar-refractivity contribution in [1.82, 2.24) is 10.6 Å². The fourth-order valence-corrected chi connectivity index (χ4v) is 5.80. The van der Waals surface area contributed by atoms with Crippen molar-refractivity contribution >= 4 is 29.9 Å². The van der Waals surface area contributed by atoms with Crippen LogP contribution >= 0.6 is 24.0 Å². The number of nitrogens with one attached hydrogen (secondary N) is 2. The van der Waals surface area contributed by atoms with Crippen molar-refractivity contribution in [3.8, 4) is 11.5 Å². The highest BCUT2D eigenvalue weighted by Gasteiger charge is 2.65. The summed E-state index contributed by atoms with van der Waals surface area (Å²) in [6, 6.07) is 6.40. The number of methoxy groups -OCH3 is 2. The molecule has 2 aliphatic carbocycles. The summed E-state index contributed by atoms with van der Waals surface area (Å²) in [5, 5.41) is 7.42. The van der Waals surface area contributed by atoms with E-state index in [1.165, 1.54) is 25.7 Å². The van der Waals surface area contributed by atoms with Crippen molar-refractivity contribution in [3.05, 3.63) is 23.8 Å². The van der Waals surface area contributed by atoms with Crippen molar-refractivity contribution in [2.45, 2.75) is 64.1 Å². The minimum Gasteiger partial charge on any atom is -0.497 e. The fourth-order valence-electron chi connectivity index (χ4n) is 5.80. The van der Waals surface area contributed by atoms with Gasteiger partial charge in [0.2, 0.25) is 0 Å². The predicted molar refractivity (Wildman–Crippen MR) is 130 cm³/mol. The van der Waals surface area contributed by atoms with Gasteiger partial charge < -0.3 is 24.8 Å². The normalized spacial score (nSPS) is 27.6. The molecule has 0 aromatic heterocycles. The lowest BCUT2D eigenvalue weighted by Gasteiger charge is -2.57. The molecule has 7 heteroatoms. The van der Waals surface area contributed by atoms with Crippen LogP contribution in [0.1, 0.15) is 57.6 Å². The molecule has 4 unspecified atom stereocenters. The van der Waals surface area contributed by atoms with Crippen molar-refractivity contribution < 1.29 is 14.2 Å². The van der Waals surface area contributed by atoms with E-state index in [2.05, 4.69) is 24.5 Å². The summed E-state index contributed by atoms with van der Waals surface area (Å²) >= 11 is 0. The smallest absolute Gasteiger partial charge is 0.191 e. The lowest BCUT2D eigenvalue weighted by atomic mass is 9.54. The highest BCUT2D eigenvalue weighted by Crippen LogP contribution is 2.60. The standard InChI is InChI=1S/C23H35N3O3.HI/c1-5-24-22(25-15(2)18-14-16(27-3)8-9-19(18)28-4)26-20-17-10-13-29-21(17)23(20)11-6-7-12-23;/h8-9,14-15,17,20-21H,5-7,10-13H2,1-4H3,(H2,24,25,26);1H. The molecule has 1 spiro atoms. The first-order valence-corrected chi connectivity index (χ1v) is 11.0. The zero-order valence-electron chi connectivity index (χ0n) is 18.6. The van der Waals surface area contributed by atoms with Gasteiger partial charge in [-0.25, -0.2) is 0 Å². The molecule has 1 saturated heterocycles. The van der Waals surface area contributed by atoms with E-state index in [-0.39, 0.29) is 30.0 Å². The second-order valence-electron chi connectivity index (χ2n) is 8.60. The van der Waals surface area contributed by atoms with E-state index in [9.17, 15) is 0 Å². The van der Waals surface area contributed by atoms with Gasteiger partial charge in [-0.2, -0.15) is 0 Å². The van der Waals surface area contributed by atoms with Crippen LogP contribution in [0.3, 0.4) is 0 Å². The highest BCUT2D eigenvalue weighted by atomic mass is 127. The molecule has 3 fully saturated rings. The van der Waals surface area contributed by atoms with E-state index < -0.39 is 0 Å². The molecule has 0 bridgehead atoms. The summed E-state index contributed by atoms with van der Waals surface area (Å²) in [4.78, 5) is 4.76. The molecular weight excluding hydrogens is 493 g/mol. The number of hydrogen-bond donors (Lipinski definition) is 2. The molecule has 3 aliphatic rings. The maximum absolute atomic E-state index is 6.14. The number of hydrogen-bond acceptors (Lipinski definition) is 4. The first-order valence-electron chi connectivity index (χ1n) is 11.0. The highest BCUT2D eigenvalue weighted by molar-refractivity contribution is 14.0. The van der Waals surface area contributed by atoms with Crippen LogP contribution in [-0.2, 0) is 4.74 Å². The first-order chi connectivity index (χ1) is 14.1. The number of rotatable bonds is 6. The third-order valence-electron chi connectivity index (χ3n) is 7.15. The van der Waals surface area contributed by atoms with Crippen molar-refractivity contribution in [2.24, 2.45) is 16.3 Å². The Hall–Kier alpha value is -1.22. The lowest BCUT2D eigenvalue weighted by molar-refractivity contribution is -0.125. The van der Waals surface area contributed by atoms with Gasteiger partial charge in [-0.15, -0.1) is 24.0 Å². The SMILES string of the molecule is CCN=C(NC(C)c1cc(OC)ccc1OC)NC1C2CCOC2C12CCCC2.I. The minimum atomic E-state index is 0. The molecule has 4 atom stereocenters. The Morgan fingerprint density at radius 2 is 2.03 bits per heavy atom. The Bertz CT molecular complexity index is 751. The fraction of sp³-hybridized carbons (Fsp3) is 0.696.